The van der Waals surface area contributed by atoms with Gasteiger partial charge in [-0.2, -0.15) is 5.26 Å². The van der Waals surface area contributed by atoms with Gasteiger partial charge in [0.2, 0.25) is 5.96 Å². The van der Waals surface area contributed by atoms with E-state index >= 15 is 0 Å². The fourth-order valence-electron chi connectivity index (χ4n) is 2.55. The molecule has 0 fully saturated rings. The van der Waals surface area contributed by atoms with Gasteiger partial charge in [0.05, 0.1) is 5.69 Å². The number of fused-ring (bicyclic) bond motifs is 1. The van der Waals surface area contributed by atoms with Crippen molar-refractivity contribution in [3.05, 3.63) is 30.0 Å². The molecule has 0 aliphatic rings. The number of nitrogens with zero attached hydrogens (tertiary/aromatic N) is 3. The Labute approximate surface area is 125 Å². The first-order valence-corrected chi connectivity index (χ1v) is 7.23. The summed E-state index contributed by atoms with van der Waals surface area (Å²) in [4.78, 5) is 4.18. The van der Waals surface area contributed by atoms with Crippen molar-refractivity contribution in [3.8, 4) is 6.19 Å². The van der Waals surface area contributed by atoms with Gasteiger partial charge >= 0.3 is 0 Å². The normalized spacial score (nSPS) is 13.1. The van der Waals surface area contributed by atoms with Gasteiger partial charge in [-0.1, -0.05) is 13.8 Å². The molecule has 1 unspecified atom stereocenters. The molecule has 2 aromatic rings. The topological polar surface area (TPSA) is 79.1 Å². The molecule has 21 heavy (non-hydrogen) atoms. The van der Waals surface area contributed by atoms with Gasteiger partial charge in [0.25, 0.3) is 0 Å². The minimum atomic E-state index is 0.105. The molecule has 1 aromatic carbocycles. The first kappa shape index (κ1) is 14.9. The van der Waals surface area contributed by atoms with Crippen molar-refractivity contribution in [2.24, 2.45) is 10.7 Å². The van der Waals surface area contributed by atoms with Crippen molar-refractivity contribution in [2.45, 2.75) is 39.7 Å². The van der Waals surface area contributed by atoms with Crippen molar-refractivity contribution in [1.29, 1.82) is 5.26 Å². The maximum Gasteiger partial charge on any atom is 0.207 e. The van der Waals surface area contributed by atoms with E-state index in [0.29, 0.717) is 6.04 Å². The summed E-state index contributed by atoms with van der Waals surface area (Å²) in [5.41, 5.74) is 8.88. The van der Waals surface area contributed by atoms with Crippen LogP contribution < -0.4 is 11.1 Å². The molecule has 0 bridgehead atoms. The number of aryl methyl sites for hydroxylation is 1. The fraction of sp³-hybridized carbons (Fsp3) is 0.375. The van der Waals surface area contributed by atoms with Gasteiger partial charge in [0.1, 0.15) is 0 Å². The lowest BCUT2D eigenvalue weighted by Crippen LogP contribution is -2.26. The first-order chi connectivity index (χ1) is 10.1. The average Bonchev–Trinajstić information content (AvgIpc) is 2.84. The van der Waals surface area contributed by atoms with Gasteiger partial charge in [-0.05, 0) is 44.0 Å². The van der Waals surface area contributed by atoms with Gasteiger partial charge < -0.3 is 10.3 Å². The second-order valence-electron chi connectivity index (χ2n) is 5.09. The number of aromatic nitrogens is 1. The second kappa shape index (κ2) is 6.31. The van der Waals surface area contributed by atoms with Gasteiger partial charge in [-0.3, -0.25) is 5.32 Å². The number of benzene rings is 1. The van der Waals surface area contributed by atoms with Gasteiger partial charge in [-0.25, -0.2) is 4.99 Å². The van der Waals surface area contributed by atoms with E-state index in [9.17, 15) is 0 Å². The summed E-state index contributed by atoms with van der Waals surface area (Å²) < 4.78 is 2.39. The predicted molar refractivity (Wildman–Crippen MR) is 86.3 cm³/mol. The highest BCUT2D eigenvalue weighted by Gasteiger charge is 2.12. The van der Waals surface area contributed by atoms with Crippen LogP contribution in [0.5, 0.6) is 0 Å². The Morgan fingerprint density at radius 3 is 2.81 bits per heavy atom. The standard InChI is InChI=1S/C16H21N5/c1-4-11(3)21-14(5-2)9-12-8-13(6-7-15(12)21)20-16(18)19-10-17/h6-9,11H,4-5H2,1-3H3,(H3,18,19,20). The van der Waals surface area contributed by atoms with Crippen LogP contribution in [0.15, 0.2) is 29.3 Å². The Kier molecular flexibility index (Phi) is 4.49. The smallest absolute Gasteiger partial charge is 0.207 e. The highest BCUT2D eigenvalue weighted by Crippen LogP contribution is 2.29. The minimum Gasteiger partial charge on any atom is -0.369 e. The first-order valence-electron chi connectivity index (χ1n) is 7.23. The summed E-state index contributed by atoms with van der Waals surface area (Å²) in [6.45, 7) is 6.60. The summed E-state index contributed by atoms with van der Waals surface area (Å²) in [6, 6.07) is 8.66. The highest BCUT2D eigenvalue weighted by atomic mass is 15.1. The molecule has 1 aromatic heterocycles. The van der Waals surface area contributed by atoms with Crippen LogP contribution in [-0.4, -0.2) is 10.5 Å². The van der Waals surface area contributed by atoms with Crippen molar-refractivity contribution >= 4 is 22.5 Å². The molecule has 2 rings (SSSR count). The number of nitrogens with one attached hydrogen (secondary N) is 1. The van der Waals surface area contributed by atoms with Crippen LogP contribution >= 0.6 is 0 Å². The zero-order valence-corrected chi connectivity index (χ0v) is 12.7. The van der Waals surface area contributed by atoms with E-state index in [-0.39, 0.29) is 5.96 Å². The lowest BCUT2D eigenvalue weighted by Gasteiger charge is -2.16. The summed E-state index contributed by atoms with van der Waals surface area (Å²) in [5.74, 6) is 0.105. The lowest BCUT2D eigenvalue weighted by atomic mass is 10.2. The Hall–Kier alpha value is -2.48. The fourth-order valence-corrected chi connectivity index (χ4v) is 2.55. The second-order valence-corrected chi connectivity index (χ2v) is 5.09. The van der Waals surface area contributed by atoms with E-state index in [1.807, 2.05) is 12.1 Å². The third kappa shape index (κ3) is 3.00. The Bertz CT molecular complexity index is 705. The predicted octanol–water partition coefficient (Wildman–Crippen LogP) is 3.19. The monoisotopic (exact) mass is 283 g/mol. The number of rotatable bonds is 4. The molecule has 5 nitrogen and oxygen atoms in total. The molecule has 0 aliphatic carbocycles. The van der Waals surface area contributed by atoms with Crippen LogP contribution in [0.25, 0.3) is 10.9 Å². The lowest BCUT2D eigenvalue weighted by molar-refractivity contribution is 0.531. The maximum absolute atomic E-state index is 8.52. The van der Waals surface area contributed by atoms with Gasteiger partial charge in [0.15, 0.2) is 6.19 Å². The SMILES string of the molecule is CCc1cc2cc(N=C(N)NC#N)ccc2n1C(C)CC. The molecule has 3 N–H and O–H groups in total. The quantitative estimate of drug-likeness (QED) is 0.391. The summed E-state index contributed by atoms with van der Waals surface area (Å²) >= 11 is 0. The van der Waals surface area contributed by atoms with E-state index in [1.54, 1.807) is 6.19 Å². The third-order valence-corrected chi connectivity index (χ3v) is 3.73. The summed E-state index contributed by atoms with van der Waals surface area (Å²) in [6.07, 6.45) is 3.85. The summed E-state index contributed by atoms with van der Waals surface area (Å²) in [5, 5.41) is 12.0. The third-order valence-electron chi connectivity index (χ3n) is 3.73. The molecule has 0 amide bonds. The molecule has 0 saturated carbocycles. The molecule has 5 heteroatoms. The number of aliphatic imine (C=N–C) groups is 1. The van der Waals surface area contributed by atoms with Crippen molar-refractivity contribution in [2.75, 3.05) is 0 Å². The highest BCUT2D eigenvalue weighted by molar-refractivity contribution is 5.87. The zero-order chi connectivity index (χ0) is 15.4. The number of hydrogen-bond donors (Lipinski definition) is 2. The Balaban J connectivity index is 2.51. The summed E-state index contributed by atoms with van der Waals surface area (Å²) in [7, 11) is 0. The molecular weight excluding hydrogens is 262 g/mol. The van der Waals surface area contributed by atoms with E-state index in [0.717, 1.165) is 23.9 Å². The van der Waals surface area contributed by atoms with Crippen LogP contribution in [0.1, 0.15) is 38.9 Å². The van der Waals surface area contributed by atoms with Crippen LogP contribution in [-0.2, 0) is 6.42 Å². The van der Waals surface area contributed by atoms with Crippen LogP contribution in [0.2, 0.25) is 0 Å². The van der Waals surface area contributed by atoms with Crippen molar-refractivity contribution < 1.29 is 0 Å². The zero-order valence-electron chi connectivity index (χ0n) is 12.7. The molecule has 0 aliphatic heterocycles. The molecule has 1 heterocycles. The largest absolute Gasteiger partial charge is 0.369 e. The minimum absolute atomic E-state index is 0.105. The molecule has 0 radical (unpaired) electrons. The number of guanidine groups is 1. The average molecular weight is 283 g/mol. The van der Waals surface area contributed by atoms with E-state index in [1.165, 1.54) is 11.2 Å². The van der Waals surface area contributed by atoms with Crippen LogP contribution in [0.3, 0.4) is 0 Å². The number of nitrogens with two attached hydrogens (primary N) is 1. The van der Waals surface area contributed by atoms with Crippen LogP contribution in [0.4, 0.5) is 5.69 Å². The number of hydrogen-bond acceptors (Lipinski definition) is 2. The Morgan fingerprint density at radius 2 is 2.19 bits per heavy atom. The maximum atomic E-state index is 8.52. The molecule has 1 atom stereocenters. The number of nitriles is 1. The van der Waals surface area contributed by atoms with Gasteiger partial charge in [0, 0.05) is 22.6 Å². The molecule has 110 valence electrons. The Morgan fingerprint density at radius 1 is 1.43 bits per heavy atom. The van der Waals surface area contributed by atoms with E-state index < -0.39 is 0 Å². The molecule has 0 saturated heterocycles. The van der Waals surface area contributed by atoms with E-state index in [2.05, 4.69) is 47.8 Å². The van der Waals surface area contributed by atoms with E-state index in [4.69, 9.17) is 11.0 Å². The van der Waals surface area contributed by atoms with Crippen molar-refractivity contribution in [3.63, 3.8) is 0 Å². The van der Waals surface area contributed by atoms with Gasteiger partial charge in [-0.15, -0.1) is 0 Å². The van der Waals surface area contributed by atoms with Crippen molar-refractivity contribution in [1.82, 2.24) is 9.88 Å². The molecule has 0 spiro atoms. The molecular formula is C16H21N5. The van der Waals surface area contributed by atoms with Crippen LogP contribution in [0, 0.1) is 11.5 Å².